The van der Waals surface area contributed by atoms with Gasteiger partial charge in [-0.15, -0.1) is 0 Å². The first kappa shape index (κ1) is 23.3. The summed E-state index contributed by atoms with van der Waals surface area (Å²) in [5.74, 6) is 0.0956. The van der Waals surface area contributed by atoms with E-state index in [0.29, 0.717) is 50.9 Å². The molecule has 1 N–H and O–H groups in total. The number of hydrogen-bond acceptors (Lipinski definition) is 5. The minimum atomic E-state index is -4.41. The molecule has 10 heteroatoms. The van der Waals surface area contributed by atoms with Crippen LogP contribution in [-0.2, 0) is 15.8 Å². The molecule has 0 radical (unpaired) electrons. The number of anilines is 1. The Morgan fingerprint density at radius 1 is 1.13 bits per heavy atom. The van der Waals surface area contributed by atoms with Gasteiger partial charge in [-0.05, 0) is 38.8 Å². The van der Waals surface area contributed by atoms with Gasteiger partial charge in [-0.3, -0.25) is 14.5 Å². The number of piperidine rings is 1. The number of aromatic nitrogens is 1. The fourth-order valence-electron chi connectivity index (χ4n) is 4.26. The van der Waals surface area contributed by atoms with Crippen LogP contribution in [-0.4, -0.2) is 78.5 Å². The van der Waals surface area contributed by atoms with E-state index in [0.717, 1.165) is 18.8 Å². The average molecular weight is 441 g/mol. The molecule has 0 bridgehead atoms. The first-order chi connectivity index (χ1) is 14.6. The number of rotatable bonds is 4. The van der Waals surface area contributed by atoms with Gasteiger partial charge in [0.2, 0.25) is 11.8 Å². The Hall–Kier alpha value is -2.36. The third-order valence-corrected chi connectivity index (χ3v) is 6.22. The Bertz CT molecular complexity index is 776. The van der Waals surface area contributed by atoms with Crippen molar-refractivity contribution in [2.24, 2.45) is 5.92 Å². The second-order valence-corrected chi connectivity index (χ2v) is 8.41. The van der Waals surface area contributed by atoms with Gasteiger partial charge in [0.05, 0.1) is 5.56 Å². The van der Waals surface area contributed by atoms with E-state index in [-0.39, 0.29) is 17.7 Å². The van der Waals surface area contributed by atoms with Crippen molar-refractivity contribution in [2.45, 2.75) is 44.9 Å². The first-order valence-electron chi connectivity index (χ1n) is 10.7. The lowest BCUT2D eigenvalue weighted by Crippen LogP contribution is -2.62. The fourth-order valence-corrected chi connectivity index (χ4v) is 4.26. The molecule has 3 heterocycles. The lowest BCUT2D eigenvalue weighted by atomic mass is 9.93. The van der Waals surface area contributed by atoms with E-state index >= 15 is 0 Å². The quantitative estimate of drug-likeness (QED) is 0.774. The van der Waals surface area contributed by atoms with Crippen LogP contribution in [0, 0.1) is 5.92 Å². The largest absolute Gasteiger partial charge is 0.417 e. The monoisotopic (exact) mass is 441 g/mol. The van der Waals surface area contributed by atoms with E-state index in [4.69, 9.17) is 0 Å². The van der Waals surface area contributed by atoms with Crippen molar-refractivity contribution in [3.63, 3.8) is 0 Å². The van der Waals surface area contributed by atoms with Gasteiger partial charge in [0, 0.05) is 57.9 Å². The second kappa shape index (κ2) is 9.42. The molecule has 0 aliphatic carbocycles. The molecule has 0 spiro atoms. The highest BCUT2D eigenvalue weighted by atomic mass is 19.4. The fraction of sp³-hybridized carbons (Fsp3) is 0.667. The molecule has 3 rings (SSSR count). The molecule has 0 aromatic carbocycles. The lowest BCUT2D eigenvalue weighted by Gasteiger charge is -2.44. The lowest BCUT2D eigenvalue weighted by molar-refractivity contribution is -0.148. The van der Waals surface area contributed by atoms with Crippen molar-refractivity contribution in [3.8, 4) is 0 Å². The van der Waals surface area contributed by atoms with Crippen LogP contribution < -0.4 is 10.2 Å². The van der Waals surface area contributed by atoms with Gasteiger partial charge in [-0.25, -0.2) is 4.98 Å². The minimum absolute atomic E-state index is 0.0166. The summed E-state index contributed by atoms with van der Waals surface area (Å²) in [5.41, 5.74) is -0.776. The minimum Gasteiger partial charge on any atom is -0.357 e. The van der Waals surface area contributed by atoms with Gasteiger partial charge in [0.25, 0.3) is 0 Å². The maximum Gasteiger partial charge on any atom is 0.417 e. The van der Waals surface area contributed by atoms with E-state index in [2.05, 4.69) is 29.0 Å². The Morgan fingerprint density at radius 3 is 2.32 bits per heavy atom. The number of carbonyl (C=O) groups excluding carboxylic acids is 2. The molecule has 1 aromatic heterocycles. The van der Waals surface area contributed by atoms with Crippen LogP contribution >= 0.6 is 0 Å². The number of halogens is 3. The molecule has 1 aromatic rings. The molecule has 0 saturated carbocycles. The molecular weight excluding hydrogens is 411 g/mol. The van der Waals surface area contributed by atoms with Crippen molar-refractivity contribution >= 4 is 17.6 Å². The van der Waals surface area contributed by atoms with Crippen LogP contribution in [0.5, 0.6) is 0 Å². The molecule has 31 heavy (non-hydrogen) atoms. The molecular formula is C21H30F3N5O2. The third kappa shape index (κ3) is 5.28. The number of hydrogen-bond donors (Lipinski definition) is 1. The highest BCUT2D eigenvalue weighted by Gasteiger charge is 2.39. The zero-order chi connectivity index (χ0) is 22.8. The number of amides is 2. The average Bonchev–Trinajstić information content (AvgIpc) is 2.77. The number of nitrogens with one attached hydrogen (secondary N) is 1. The topological polar surface area (TPSA) is 68.8 Å². The van der Waals surface area contributed by atoms with Crippen molar-refractivity contribution in [3.05, 3.63) is 23.9 Å². The Balaban J connectivity index is 1.62. The van der Waals surface area contributed by atoms with Gasteiger partial charge >= 0.3 is 6.18 Å². The van der Waals surface area contributed by atoms with Crippen LogP contribution in [0.1, 0.15) is 32.3 Å². The molecule has 2 amide bonds. The molecule has 1 atom stereocenters. The predicted molar refractivity (Wildman–Crippen MR) is 110 cm³/mol. The summed E-state index contributed by atoms with van der Waals surface area (Å²) in [7, 11) is 1.58. The molecule has 2 aliphatic heterocycles. The van der Waals surface area contributed by atoms with Gasteiger partial charge in [0.15, 0.2) is 0 Å². The van der Waals surface area contributed by atoms with E-state index < -0.39 is 17.8 Å². The molecule has 2 saturated heterocycles. The SMILES string of the molecule is CNC(=O)C1CN(C(C)C)CCN1C(=O)C1CCN(c2ccc(C(F)(F)F)cn2)CC1. The number of likely N-dealkylation sites (N-methyl/N-ethyl adjacent to an activating group) is 1. The van der Waals surface area contributed by atoms with E-state index in [1.54, 1.807) is 11.9 Å². The van der Waals surface area contributed by atoms with Crippen LogP contribution in [0.2, 0.25) is 0 Å². The highest BCUT2D eigenvalue weighted by Crippen LogP contribution is 2.30. The van der Waals surface area contributed by atoms with Gasteiger partial charge in [0.1, 0.15) is 11.9 Å². The number of pyridine rings is 1. The highest BCUT2D eigenvalue weighted by molar-refractivity contribution is 5.89. The summed E-state index contributed by atoms with van der Waals surface area (Å²) in [5, 5.41) is 2.67. The number of nitrogens with zero attached hydrogens (tertiary/aromatic N) is 4. The number of piperazine rings is 1. The smallest absolute Gasteiger partial charge is 0.357 e. The summed E-state index contributed by atoms with van der Waals surface area (Å²) in [6.07, 6.45) is -2.42. The Labute approximate surface area is 180 Å². The summed E-state index contributed by atoms with van der Waals surface area (Å²) in [6.45, 7) is 6.96. The van der Waals surface area contributed by atoms with E-state index in [1.807, 2.05) is 4.90 Å². The van der Waals surface area contributed by atoms with Crippen LogP contribution in [0.15, 0.2) is 18.3 Å². The Morgan fingerprint density at radius 2 is 1.81 bits per heavy atom. The zero-order valence-corrected chi connectivity index (χ0v) is 18.2. The summed E-state index contributed by atoms with van der Waals surface area (Å²) in [4.78, 5) is 35.4. The predicted octanol–water partition coefficient (Wildman–Crippen LogP) is 1.98. The first-order valence-corrected chi connectivity index (χ1v) is 10.7. The number of carbonyl (C=O) groups is 2. The Kier molecular flexibility index (Phi) is 7.08. The molecule has 2 aliphatic rings. The van der Waals surface area contributed by atoms with Gasteiger partial charge < -0.3 is 15.1 Å². The summed E-state index contributed by atoms with van der Waals surface area (Å²) in [6, 6.07) is 2.19. The summed E-state index contributed by atoms with van der Waals surface area (Å²) < 4.78 is 38.2. The van der Waals surface area contributed by atoms with Crippen molar-refractivity contribution in [1.82, 2.24) is 20.1 Å². The van der Waals surface area contributed by atoms with Crippen LogP contribution in [0.4, 0.5) is 19.0 Å². The second-order valence-electron chi connectivity index (χ2n) is 8.41. The van der Waals surface area contributed by atoms with Gasteiger partial charge in [-0.2, -0.15) is 13.2 Å². The van der Waals surface area contributed by atoms with Crippen LogP contribution in [0.25, 0.3) is 0 Å². The van der Waals surface area contributed by atoms with Crippen molar-refractivity contribution < 1.29 is 22.8 Å². The van der Waals surface area contributed by atoms with Crippen molar-refractivity contribution in [2.75, 3.05) is 44.7 Å². The van der Waals surface area contributed by atoms with E-state index in [1.165, 1.54) is 6.07 Å². The molecule has 2 fully saturated rings. The van der Waals surface area contributed by atoms with Crippen LogP contribution in [0.3, 0.4) is 0 Å². The maximum atomic E-state index is 13.2. The summed E-state index contributed by atoms with van der Waals surface area (Å²) >= 11 is 0. The van der Waals surface area contributed by atoms with E-state index in [9.17, 15) is 22.8 Å². The van der Waals surface area contributed by atoms with Gasteiger partial charge in [-0.1, -0.05) is 0 Å². The standard InChI is InChI=1S/C21H30F3N5O2/c1-14(2)28-10-11-29(17(13-28)19(30)25-3)20(31)15-6-8-27(9-7-15)18-5-4-16(12-26-18)21(22,23)24/h4-5,12,14-15,17H,6-11,13H2,1-3H3,(H,25,30). The molecule has 172 valence electrons. The zero-order valence-electron chi connectivity index (χ0n) is 18.2. The normalized spacial score (nSPS) is 21.5. The maximum absolute atomic E-state index is 13.2. The number of alkyl halides is 3. The molecule has 7 nitrogen and oxygen atoms in total. The third-order valence-electron chi connectivity index (χ3n) is 6.22. The molecule has 1 unspecified atom stereocenters. The van der Waals surface area contributed by atoms with Crippen molar-refractivity contribution in [1.29, 1.82) is 0 Å².